The standard InChI is InChI=1S/C22H21FN2O4/c23-17-6-1-14(2-7-17)11-25(22(26)15-3-4-15)12-18-10-19(24-29-18)16-5-8-20-21(9-16)28-13-27-20/h1-2,5-9,15,18H,3-4,10-13H2. The number of oxime groups is 1. The number of halogens is 1. The van der Waals surface area contributed by atoms with Crippen LogP contribution in [0.3, 0.4) is 0 Å². The molecule has 1 fully saturated rings. The minimum Gasteiger partial charge on any atom is -0.454 e. The van der Waals surface area contributed by atoms with Crippen molar-refractivity contribution in [3.63, 3.8) is 0 Å². The molecule has 0 spiro atoms. The van der Waals surface area contributed by atoms with Crippen LogP contribution in [0, 0.1) is 11.7 Å². The third kappa shape index (κ3) is 3.90. The number of rotatable bonds is 6. The van der Waals surface area contributed by atoms with Gasteiger partial charge in [0.25, 0.3) is 0 Å². The highest BCUT2D eigenvalue weighted by molar-refractivity contribution is 6.01. The van der Waals surface area contributed by atoms with Crippen LogP contribution in [-0.2, 0) is 16.2 Å². The van der Waals surface area contributed by atoms with Gasteiger partial charge in [-0.1, -0.05) is 17.3 Å². The van der Waals surface area contributed by atoms with Crippen molar-refractivity contribution in [2.75, 3.05) is 13.3 Å². The van der Waals surface area contributed by atoms with Crippen LogP contribution in [0.15, 0.2) is 47.6 Å². The Morgan fingerprint density at radius 1 is 1.10 bits per heavy atom. The Kier molecular flexibility index (Phi) is 4.58. The zero-order chi connectivity index (χ0) is 19.8. The fourth-order valence-electron chi connectivity index (χ4n) is 3.65. The molecule has 1 aliphatic carbocycles. The monoisotopic (exact) mass is 396 g/mol. The van der Waals surface area contributed by atoms with Crippen molar-refractivity contribution in [1.82, 2.24) is 4.90 Å². The predicted octanol–water partition coefficient (Wildman–Crippen LogP) is 3.49. The quantitative estimate of drug-likeness (QED) is 0.750. The lowest BCUT2D eigenvalue weighted by atomic mass is 10.0. The third-order valence-electron chi connectivity index (χ3n) is 5.39. The summed E-state index contributed by atoms with van der Waals surface area (Å²) in [5, 5.41) is 4.24. The molecule has 0 radical (unpaired) electrons. The molecule has 29 heavy (non-hydrogen) atoms. The van der Waals surface area contributed by atoms with Crippen molar-refractivity contribution < 1.29 is 23.5 Å². The Morgan fingerprint density at radius 2 is 1.90 bits per heavy atom. The van der Waals surface area contributed by atoms with Crippen LogP contribution in [-0.4, -0.2) is 36.0 Å². The number of nitrogens with zero attached hydrogens (tertiary/aromatic N) is 2. The van der Waals surface area contributed by atoms with E-state index in [1.165, 1.54) is 12.1 Å². The summed E-state index contributed by atoms with van der Waals surface area (Å²) in [7, 11) is 0. The molecule has 1 atom stereocenters. The molecule has 0 saturated heterocycles. The van der Waals surface area contributed by atoms with E-state index in [4.69, 9.17) is 14.3 Å². The number of fused-ring (bicyclic) bond motifs is 1. The van der Waals surface area contributed by atoms with Crippen molar-refractivity contribution in [2.45, 2.75) is 31.9 Å². The largest absolute Gasteiger partial charge is 0.454 e. The third-order valence-corrected chi connectivity index (χ3v) is 5.39. The molecule has 2 aliphatic heterocycles. The van der Waals surface area contributed by atoms with E-state index in [2.05, 4.69) is 5.16 Å². The smallest absolute Gasteiger partial charge is 0.231 e. The van der Waals surface area contributed by atoms with Crippen molar-refractivity contribution in [3.8, 4) is 11.5 Å². The summed E-state index contributed by atoms with van der Waals surface area (Å²) < 4.78 is 24.0. The predicted molar refractivity (Wildman–Crippen MR) is 103 cm³/mol. The number of benzene rings is 2. The van der Waals surface area contributed by atoms with Gasteiger partial charge in [-0.05, 0) is 48.7 Å². The maximum absolute atomic E-state index is 13.2. The lowest BCUT2D eigenvalue weighted by molar-refractivity contribution is -0.135. The Hall–Kier alpha value is -3.09. The molecule has 2 heterocycles. The summed E-state index contributed by atoms with van der Waals surface area (Å²) in [6.45, 7) is 1.12. The summed E-state index contributed by atoms with van der Waals surface area (Å²) in [6.07, 6.45) is 2.27. The maximum atomic E-state index is 13.2. The first-order valence-electron chi connectivity index (χ1n) is 9.81. The SMILES string of the molecule is O=C(C1CC1)N(Cc1ccc(F)cc1)CC1CC(c2ccc3c(c2)OCO3)=NO1. The average molecular weight is 396 g/mol. The molecule has 1 unspecified atom stereocenters. The first-order valence-corrected chi connectivity index (χ1v) is 9.81. The van der Waals surface area contributed by atoms with Gasteiger partial charge in [-0.2, -0.15) is 0 Å². The summed E-state index contributed by atoms with van der Waals surface area (Å²) in [5.41, 5.74) is 2.65. The van der Waals surface area contributed by atoms with Crippen LogP contribution < -0.4 is 9.47 Å². The van der Waals surface area contributed by atoms with Crippen LogP contribution in [0.4, 0.5) is 4.39 Å². The first kappa shape index (κ1) is 18.0. The summed E-state index contributed by atoms with van der Waals surface area (Å²) in [6, 6.07) is 12.0. The van der Waals surface area contributed by atoms with Gasteiger partial charge in [0, 0.05) is 24.4 Å². The Bertz CT molecular complexity index is 956. The van der Waals surface area contributed by atoms with Crippen molar-refractivity contribution in [3.05, 3.63) is 59.4 Å². The molecule has 0 aromatic heterocycles. The normalized spacial score (nSPS) is 19.6. The molecule has 150 valence electrons. The van der Waals surface area contributed by atoms with E-state index in [-0.39, 0.29) is 30.5 Å². The van der Waals surface area contributed by atoms with Crippen LogP contribution in [0.1, 0.15) is 30.4 Å². The second-order valence-corrected chi connectivity index (χ2v) is 7.66. The second-order valence-electron chi connectivity index (χ2n) is 7.66. The zero-order valence-electron chi connectivity index (χ0n) is 15.8. The van der Waals surface area contributed by atoms with Crippen LogP contribution in [0.5, 0.6) is 11.5 Å². The van der Waals surface area contributed by atoms with E-state index >= 15 is 0 Å². The van der Waals surface area contributed by atoms with E-state index in [1.807, 2.05) is 23.1 Å². The maximum Gasteiger partial charge on any atom is 0.231 e. The molecular weight excluding hydrogens is 375 g/mol. The summed E-state index contributed by atoms with van der Waals surface area (Å²) >= 11 is 0. The number of carbonyl (C=O) groups is 1. The van der Waals surface area contributed by atoms with E-state index in [1.54, 1.807) is 12.1 Å². The molecule has 5 rings (SSSR count). The molecule has 3 aliphatic rings. The summed E-state index contributed by atoms with van der Waals surface area (Å²) in [4.78, 5) is 20.2. The number of hydrogen-bond acceptors (Lipinski definition) is 5. The Morgan fingerprint density at radius 3 is 2.69 bits per heavy atom. The van der Waals surface area contributed by atoms with Crippen LogP contribution >= 0.6 is 0 Å². The molecule has 1 amide bonds. The average Bonchev–Trinajstić information content (AvgIpc) is 3.29. The number of amides is 1. The molecule has 0 bridgehead atoms. The molecule has 6 nitrogen and oxygen atoms in total. The number of ether oxygens (including phenoxy) is 2. The molecule has 0 N–H and O–H groups in total. The molecule has 2 aromatic rings. The lowest BCUT2D eigenvalue weighted by Crippen LogP contribution is -2.38. The van der Waals surface area contributed by atoms with E-state index in [9.17, 15) is 9.18 Å². The van der Waals surface area contributed by atoms with Crippen molar-refractivity contribution in [1.29, 1.82) is 0 Å². The first-order chi connectivity index (χ1) is 14.2. The van der Waals surface area contributed by atoms with Crippen LogP contribution in [0.2, 0.25) is 0 Å². The van der Waals surface area contributed by atoms with Gasteiger partial charge < -0.3 is 19.2 Å². The van der Waals surface area contributed by atoms with Gasteiger partial charge in [0.05, 0.1) is 12.3 Å². The highest BCUT2D eigenvalue weighted by atomic mass is 19.1. The number of carbonyl (C=O) groups excluding carboxylic acids is 1. The van der Waals surface area contributed by atoms with Gasteiger partial charge >= 0.3 is 0 Å². The molecule has 2 aromatic carbocycles. The highest BCUT2D eigenvalue weighted by Gasteiger charge is 2.35. The second kappa shape index (κ2) is 7.39. The van der Waals surface area contributed by atoms with Crippen molar-refractivity contribution >= 4 is 11.6 Å². The van der Waals surface area contributed by atoms with Gasteiger partial charge in [-0.3, -0.25) is 4.79 Å². The fraction of sp³-hybridized carbons (Fsp3) is 0.364. The minimum absolute atomic E-state index is 0.103. The highest BCUT2D eigenvalue weighted by Crippen LogP contribution is 2.34. The van der Waals surface area contributed by atoms with E-state index in [0.717, 1.165) is 35.4 Å². The van der Waals surface area contributed by atoms with Gasteiger partial charge in [-0.25, -0.2) is 4.39 Å². The minimum atomic E-state index is -0.283. The van der Waals surface area contributed by atoms with Gasteiger partial charge in [0.1, 0.15) is 5.82 Å². The number of hydrogen-bond donors (Lipinski definition) is 0. The topological polar surface area (TPSA) is 60.4 Å². The molecule has 1 saturated carbocycles. The van der Waals surface area contributed by atoms with E-state index < -0.39 is 0 Å². The van der Waals surface area contributed by atoms with Crippen molar-refractivity contribution in [2.24, 2.45) is 11.1 Å². The Balaban J connectivity index is 1.26. The summed E-state index contributed by atoms with van der Waals surface area (Å²) in [5.74, 6) is 1.39. The Labute approximate surface area is 167 Å². The fourth-order valence-corrected chi connectivity index (χ4v) is 3.65. The van der Waals surface area contributed by atoms with Gasteiger partial charge in [-0.15, -0.1) is 0 Å². The molecule has 7 heteroatoms. The van der Waals surface area contributed by atoms with E-state index in [0.29, 0.717) is 25.3 Å². The van der Waals surface area contributed by atoms with Crippen LogP contribution in [0.25, 0.3) is 0 Å². The lowest BCUT2D eigenvalue weighted by Gasteiger charge is -2.25. The zero-order valence-corrected chi connectivity index (χ0v) is 15.8. The van der Waals surface area contributed by atoms with Gasteiger partial charge in [0.15, 0.2) is 17.6 Å². The van der Waals surface area contributed by atoms with Gasteiger partial charge in [0.2, 0.25) is 12.7 Å². The molecular formula is C22H21FN2O4.